The molecule has 1 aromatic rings. The Kier molecular flexibility index (Phi) is 4.99. The van der Waals surface area contributed by atoms with Crippen molar-refractivity contribution in [3.63, 3.8) is 0 Å². The van der Waals surface area contributed by atoms with Gasteiger partial charge in [0.2, 0.25) is 0 Å². The molecule has 15 heavy (non-hydrogen) atoms. The van der Waals surface area contributed by atoms with Crippen LogP contribution in [-0.2, 0) is 6.42 Å². The van der Waals surface area contributed by atoms with E-state index >= 15 is 0 Å². The fraction of sp³-hybridized carbons (Fsp3) is 0.583. The molecule has 2 nitrogen and oxygen atoms in total. The summed E-state index contributed by atoms with van der Waals surface area (Å²) in [6, 6.07) is 0.371. The maximum absolute atomic E-state index is 4.48. The molecule has 0 aliphatic carbocycles. The molecule has 1 rings (SSSR count). The van der Waals surface area contributed by atoms with Gasteiger partial charge in [-0.3, -0.25) is 0 Å². The predicted octanol–water partition coefficient (Wildman–Crippen LogP) is 2.94. The van der Waals surface area contributed by atoms with E-state index in [0.29, 0.717) is 6.04 Å². The van der Waals surface area contributed by atoms with Crippen LogP contribution in [0.1, 0.15) is 31.0 Å². The van der Waals surface area contributed by atoms with E-state index in [1.165, 1.54) is 10.6 Å². The number of hydrogen-bond donors (Lipinski definition) is 1. The van der Waals surface area contributed by atoms with Crippen LogP contribution in [0.4, 0.5) is 0 Å². The summed E-state index contributed by atoms with van der Waals surface area (Å²) < 4.78 is 0. The van der Waals surface area contributed by atoms with Gasteiger partial charge in [-0.2, -0.15) is 0 Å². The topological polar surface area (TPSA) is 24.9 Å². The number of aromatic nitrogens is 1. The Morgan fingerprint density at radius 2 is 2.40 bits per heavy atom. The van der Waals surface area contributed by atoms with E-state index in [1.807, 2.05) is 6.92 Å². The molecule has 84 valence electrons. The van der Waals surface area contributed by atoms with Crippen LogP contribution in [0, 0.1) is 6.92 Å². The molecule has 0 amide bonds. The summed E-state index contributed by atoms with van der Waals surface area (Å²) in [6.45, 7) is 11.4. The van der Waals surface area contributed by atoms with Crippen molar-refractivity contribution in [3.05, 3.63) is 28.2 Å². The van der Waals surface area contributed by atoms with Crippen molar-refractivity contribution in [2.24, 2.45) is 0 Å². The number of thiazole rings is 1. The van der Waals surface area contributed by atoms with Crippen molar-refractivity contribution in [3.8, 4) is 0 Å². The van der Waals surface area contributed by atoms with E-state index in [9.17, 15) is 0 Å². The van der Waals surface area contributed by atoms with Gasteiger partial charge in [0.1, 0.15) is 0 Å². The van der Waals surface area contributed by atoms with Gasteiger partial charge in [-0.25, -0.2) is 4.98 Å². The molecule has 0 saturated carbocycles. The summed E-state index contributed by atoms with van der Waals surface area (Å²) in [4.78, 5) is 4.48. The minimum absolute atomic E-state index is 0.371. The van der Waals surface area contributed by atoms with Gasteiger partial charge in [0.15, 0.2) is 0 Å². The van der Waals surface area contributed by atoms with Crippen molar-refractivity contribution < 1.29 is 0 Å². The van der Waals surface area contributed by atoms with E-state index < -0.39 is 0 Å². The second-order valence-electron chi connectivity index (χ2n) is 3.94. The lowest BCUT2D eigenvalue weighted by molar-refractivity contribution is 0.562. The number of rotatable bonds is 6. The number of hydrogen-bond acceptors (Lipinski definition) is 3. The van der Waals surface area contributed by atoms with Gasteiger partial charge in [0.25, 0.3) is 0 Å². The lowest BCUT2D eigenvalue weighted by atomic mass is 10.1. The highest BCUT2D eigenvalue weighted by Gasteiger charge is 2.11. The number of nitrogens with zero attached hydrogens (tertiary/aromatic N) is 1. The standard InChI is InChI=1S/C12H20N2S/c1-5-6-13-11(9(2)3)7-12-14-10(4)8-15-12/h8,11,13H,2,5-7H2,1,3-4H3. The zero-order valence-corrected chi connectivity index (χ0v) is 10.7. The third-order valence-electron chi connectivity index (χ3n) is 2.28. The quantitative estimate of drug-likeness (QED) is 0.752. The Hall–Kier alpha value is -0.670. The van der Waals surface area contributed by atoms with Crippen LogP contribution in [0.3, 0.4) is 0 Å². The van der Waals surface area contributed by atoms with Crippen molar-refractivity contribution in [1.82, 2.24) is 10.3 Å². The molecule has 0 saturated heterocycles. The van der Waals surface area contributed by atoms with Gasteiger partial charge < -0.3 is 5.32 Å². The van der Waals surface area contributed by atoms with Crippen molar-refractivity contribution >= 4 is 11.3 Å². The van der Waals surface area contributed by atoms with E-state index in [4.69, 9.17) is 0 Å². The molecule has 1 unspecified atom stereocenters. The van der Waals surface area contributed by atoms with Gasteiger partial charge in [-0.15, -0.1) is 11.3 Å². The average molecular weight is 224 g/mol. The average Bonchev–Trinajstić information content (AvgIpc) is 2.58. The summed E-state index contributed by atoms with van der Waals surface area (Å²) in [5, 5.41) is 6.79. The Bertz CT molecular complexity index is 317. The highest BCUT2D eigenvalue weighted by Crippen LogP contribution is 2.13. The molecule has 0 aliphatic heterocycles. The van der Waals surface area contributed by atoms with E-state index in [-0.39, 0.29) is 0 Å². The predicted molar refractivity (Wildman–Crippen MR) is 67.5 cm³/mol. The molecule has 1 heterocycles. The van der Waals surface area contributed by atoms with Crippen molar-refractivity contribution in [1.29, 1.82) is 0 Å². The molecule has 0 aromatic carbocycles. The first-order chi connectivity index (χ1) is 7.13. The molecular formula is C12H20N2S. The van der Waals surface area contributed by atoms with Crippen LogP contribution in [-0.4, -0.2) is 17.6 Å². The molecule has 1 aromatic heterocycles. The van der Waals surface area contributed by atoms with Crippen LogP contribution >= 0.6 is 11.3 Å². The van der Waals surface area contributed by atoms with Crippen molar-refractivity contribution in [2.45, 2.75) is 39.7 Å². The van der Waals surface area contributed by atoms with Crippen LogP contribution in [0.5, 0.6) is 0 Å². The fourth-order valence-electron chi connectivity index (χ4n) is 1.41. The Balaban J connectivity index is 2.54. The second-order valence-corrected chi connectivity index (χ2v) is 4.88. The molecule has 0 aliphatic rings. The Labute approximate surface area is 96.4 Å². The SMILES string of the molecule is C=C(C)C(Cc1nc(C)cs1)NCCC. The maximum Gasteiger partial charge on any atom is 0.0946 e. The summed E-state index contributed by atoms with van der Waals surface area (Å²) >= 11 is 1.74. The van der Waals surface area contributed by atoms with E-state index in [1.54, 1.807) is 11.3 Å². The van der Waals surface area contributed by atoms with Gasteiger partial charge in [-0.05, 0) is 26.8 Å². The van der Waals surface area contributed by atoms with Crippen LogP contribution in [0.15, 0.2) is 17.5 Å². The first kappa shape index (κ1) is 12.4. The number of nitrogens with one attached hydrogen (secondary N) is 1. The third kappa shape index (κ3) is 4.14. The second kappa shape index (κ2) is 6.03. The molecular weight excluding hydrogens is 204 g/mol. The molecule has 1 atom stereocenters. The highest BCUT2D eigenvalue weighted by atomic mass is 32.1. The summed E-state index contributed by atoms with van der Waals surface area (Å²) in [6.07, 6.45) is 2.12. The smallest absolute Gasteiger partial charge is 0.0946 e. The molecule has 0 spiro atoms. The molecule has 0 fully saturated rings. The van der Waals surface area contributed by atoms with E-state index in [0.717, 1.165) is 25.1 Å². The summed E-state index contributed by atoms with van der Waals surface area (Å²) in [7, 11) is 0. The monoisotopic (exact) mass is 224 g/mol. The van der Waals surface area contributed by atoms with Crippen molar-refractivity contribution in [2.75, 3.05) is 6.54 Å². The van der Waals surface area contributed by atoms with Gasteiger partial charge in [0, 0.05) is 23.5 Å². The largest absolute Gasteiger partial charge is 0.310 e. The number of aryl methyl sites for hydroxylation is 1. The molecule has 0 bridgehead atoms. The highest BCUT2D eigenvalue weighted by molar-refractivity contribution is 7.09. The summed E-state index contributed by atoms with van der Waals surface area (Å²) in [5.74, 6) is 0. The van der Waals surface area contributed by atoms with Crippen LogP contribution in [0.2, 0.25) is 0 Å². The first-order valence-electron chi connectivity index (χ1n) is 5.43. The fourth-order valence-corrected chi connectivity index (χ4v) is 2.23. The lowest BCUT2D eigenvalue weighted by Crippen LogP contribution is -2.32. The van der Waals surface area contributed by atoms with Gasteiger partial charge in [-0.1, -0.05) is 19.1 Å². The molecule has 1 N–H and O–H groups in total. The lowest BCUT2D eigenvalue weighted by Gasteiger charge is -2.17. The molecule has 0 radical (unpaired) electrons. The van der Waals surface area contributed by atoms with Crippen LogP contribution < -0.4 is 5.32 Å². The van der Waals surface area contributed by atoms with Gasteiger partial charge >= 0.3 is 0 Å². The Morgan fingerprint density at radius 3 is 2.87 bits per heavy atom. The van der Waals surface area contributed by atoms with E-state index in [2.05, 4.69) is 36.1 Å². The molecule has 3 heteroatoms. The van der Waals surface area contributed by atoms with Crippen LogP contribution in [0.25, 0.3) is 0 Å². The first-order valence-corrected chi connectivity index (χ1v) is 6.31. The zero-order chi connectivity index (χ0) is 11.3. The minimum Gasteiger partial charge on any atom is -0.310 e. The maximum atomic E-state index is 4.48. The zero-order valence-electron chi connectivity index (χ0n) is 9.84. The summed E-state index contributed by atoms with van der Waals surface area (Å²) in [5.41, 5.74) is 2.31. The minimum atomic E-state index is 0.371. The third-order valence-corrected chi connectivity index (χ3v) is 3.27. The van der Waals surface area contributed by atoms with Gasteiger partial charge in [0.05, 0.1) is 5.01 Å². The normalized spacial score (nSPS) is 12.7. The Morgan fingerprint density at radius 1 is 1.67 bits per heavy atom.